The van der Waals surface area contributed by atoms with E-state index in [2.05, 4.69) is 20.3 Å². The average molecular weight is 487 g/mol. The molecule has 2 heterocycles. The van der Waals surface area contributed by atoms with Crippen LogP contribution < -0.4 is 20.7 Å². The standard InChI is InChI=1S/C23H24Cl2N6O2/c1-14-9-16(31-8-2-3-21(31)32)12-17(10-14)33-13-20-28-22(26)30-23(29-20)27-7-6-15-4-5-18(24)19(25)11-15/h4-5,9-12H,2-3,6-8,13H2,1H3,(H3,26,27,28,29,30). The van der Waals surface area contributed by atoms with Crippen molar-refractivity contribution in [3.05, 3.63) is 63.4 Å². The largest absolute Gasteiger partial charge is 0.486 e. The lowest BCUT2D eigenvalue weighted by atomic mass is 10.1. The van der Waals surface area contributed by atoms with Crippen molar-refractivity contribution in [2.45, 2.75) is 32.8 Å². The van der Waals surface area contributed by atoms with Gasteiger partial charge in [0.25, 0.3) is 0 Å². The topological polar surface area (TPSA) is 106 Å². The molecule has 33 heavy (non-hydrogen) atoms. The Morgan fingerprint density at radius 1 is 1.12 bits per heavy atom. The van der Waals surface area contributed by atoms with Crippen LogP contribution >= 0.6 is 23.2 Å². The normalized spacial score (nSPS) is 13.4. The quantitative estimate of drug-likeness (QED) is 0.484. The molecular weight excluding hydrogens is 463 g/mol. The van der Waals surface area contributed by atoms with Crippen molar-refractivity contribution in [1.82, 2.24) is 15.0 Å². The first-order chi connectivity index (χ1) is 15.9. The van der Waals surface area contributed by atoms with Crippen LogP contribution in [0.5, 0.6) is 5.75 Å². The SMILES string of the molecule is Cc1cc(OCc2nc(N)nc(NCCc3ccc(Cl)c(Cl)c3)n2)cc(N2CCCC2=O)c1. The van der Waals surface area contributed by atoms with E-state index in [0.29, 0.717) is 47.0 Å². The van der Waals surface area contributed by atoms with Crippen LogP contribution in [0.15, 0.2) is 36.4 Å². The Morgan fingerprint density at radius 2 is 1.97 bits per heavy atom. The number of benzene rings is 2. The minimum atomic E-state index is 0.105. The van der Waals surface area contributed by atoms with Gasteiger partial charge in [0.2, 0.25) is 17.8 Å². The second-order valence-electron chi connectivity index (χ2n) is 7.80. The van der Waals surface area contributed by atoms with E-state index in [4.69, 9.17) is 33.7 Å². The smallest absolute Gasteiger partial charge is 0.227 e. The number of nitrogen functional groups attached to an aromatic ring is 1. The minimum absolute atomic E-state index is 0.105. The molecule has 0 bridgehead atoms. The van der Waals surface area contributed by atoms with Crippen LogP contribution in [-0.4, -0.2) is 33.9 Å². The molecule has 8 nitrogen and oxygen atoms in total. The molecule has 4 rings (SSSR count). The summed E-state index contributed by atoms with van der Waals surface area (Å²) >= 11 is 12.0. The van der Waals surface area contributed by atoms with Crippen LogP contribution in [0.2, 0.25) is 10.0 Å². The second-order valence-corrected chi connectivity index (χ2v) is 8.61. The van der Waals surface area contributed by atoms with Crippen molar-refractivity contribution >= 4 is 46.7 Å². The number of nitrogens with one attached hydrogen (secondary N) is 1. The van der Waals surface area contributed by atoms with Crippen LogP contribution in [-0.2, 0) is 17.8 Å². The number of nitrogens with two attached hydrogens (primary N) is 1. The fourth-order valence-electron chi connectivity index (χ4n) is 3.63. The molecule has 172 valence electrons. The Hall–Kier alpha value is -3.10. The van der Waals surface area contributed by atoms with Crippen molar-refractivity contribution in [3.63, 3.8) is 0 Å². The van der Waals surface area contributed by atoms with E-state index in [-0.39, 0.29) is 18.5 Å². The highest BCUT2D eigenvalue weighted by atomic mass is 35.5. The Morgan fingerprint density at radius 3 is 2.73 bits per heavy atom. The van der Waals surface area contributed by atoms with Crippen molar-refractivity contribution in [2.75, 3.05) is 29.0 Å². The second kappa shape index (κ2) is 10.2. The number of ether oxygens (including phenoxy) is 1. The molecule has 0 unspecified atom stereocenters. The Bertz CT molecular complexity index is 1170. The molecule has 1 aromatic heterocycles. The van der Waals surface area contributed by atoms with Gasteiger partial charge < -0.3 is 20.7 Å². The van der Waals surface area contributed by atoms with Gasteiger partial charge in [0.15, 0.2) is 5.82 Å². The molecule has 3 N–H and O–H groups in total. The van der Waals surface area contributed by atoms with Gasteiger partial charge in [-0.2, -0.15) is 15.0 Å². The molecule has 3 aromatic rings. The number of rotatable bonds is 8. The first kappa shape index (κ1) is 23.1. The zero-order valence-electron chi connectivity index (χ0n) is 18.1. The molecule has 0 aliphatic carbocycles. The van der Waals surface area contributed by atoms with Crippen molar-refractivity contribution in [2.24, 2.45) is 0 Å². The highest BCUT2D eigenvalue weighted by Gasteiger charge is 2.22. The van der Waals surface area contributed by atoms with Crippen molar-refractivity contribution in [1.29, 1.82) is 0 Å². The van der Waals surface area contributed by atoms with E-state index in [1.54, 1.807) is 11.0 Å². The molecule has 10 heteroatoms. The molecule has 2 aromatic carbocycles. The highest BCUT2D eigenvalue weighted by molar-refractivity contribution is 6.42. The maximum atomic E-state index is 12.1. The van der Waals surface area contributed by atoms with Gasteiger partial charge in [-0.1, -0.05) is 29.3 Å². The van der Waals surface area contributed by atoms with Crippen molar-refractivity contribution < 1.29 is 9.53 Å². The number of aryl methyl sites for hydroxylation is 1. The summed E-state index contributed by atoms with van der Waals surface area (Å²) in [7, 11) is 0. The van der Waals surface area contributed by atoms with Crippen LogP contribution in [0.3, 0.4) is 0 Å². The number of amides is 1. The van der Waals surface area contributed by atoms with Gasteiger partial charge in [0.05, 0.1) is 10.0 Å². The van der Waals surface area contributed by atoms with E-state index in [1.807, 2.05) is 37.3 Å². The third kappa shape index (κ3) is 6.03. The Balaban J connectivity index is 1.38. The number of halogens is 2. The number of carbonyl (C=O) groups excluding carboxylic acids is 1. The van der Waals surface area contributed by atoms with Crippen LogP contribution in [0.25, 0.3) is 0 Å². The summed E-state index contributed by atoms with van der Waals surface area (Å²) in [5.41, 5.74) is 8.74. The fourth-order valence-corrected chi connectivity index (χ4v) is 3.95. The van der Waals surface area contributed by atoms with Crippen LogP contribution in [0.1, 0.15) is 29.8 Å². The number of carbonyl (C=O) groups is 1. The number of hydrogen-bond donors (Lipinski definition) is 2. The van der Waals surface area contributed by atoms with E-state index < -0.39 is 0 Å². The number of aromatic nitrogens is 3. The summed E-state index contributed by atoms with van der Waals surface area (Å²) in [6.45, 7) is 3.38. The van der Waals surface area contributed by atoms with Gasteiger partial charge in [0, 0.05) is 31.3 Å². The lowest BCUT2D eigenvalue weighted by Gasteiger charge is -2.18. The van der Waals surface area contributed by atoms with E-state index in [0.717, 1.165) is 29.8 Å². The summed E-state index contributed by atoms with van der Waals surface area (Å²) in [6.07, 6.45) is 2.15. The van der Waals surface area contributed by atoms with Gasteiger partial charge in [-0.05, 0) is 55.2 Å². The third-order valence-corrected chi connectivity index (χ3v) is 5.91. The van der Waals surface area contributed by atoms with E-state index in [9.17, 15) is 4.79 Å². The van der Waals surface area contributed by atoms with Gasteiger partial charge in [0.1, 0.15) is 12.4 Å². The zero-order valence-corrected chi connectivity index (χ0v) is 19.7. The number of anilines is 3. The zero-order chi connectivity index (χ0) is 23.4. The molecular formula is C23H24Cl2N6O2. The summed E-state index contributed by atoms with van der Waals surface area (Å²) in [6, 6.07) is 11.3. The van der Waals surface area contributed by atoms with Gasteiger partial charge in [-0.25, -0.2) is 0 Å². The maximum Gasteiger partial charge on any atom is 0.227 e. The first-order valence-corrected chi connectivity index (χ1v) is 11.4. The molecule has 1 aliphatic rings. The molecule has 1 fully saturated rings. The van der Waals surface area contributed by atoms with E-state index >= 15 is 0 Å². The predicted molar refractivity (Wildman–Crippen MR) is 130 cm³/mol. The first-order valence-electron chi connectivity index (χ1n) is 10.6. The summed E-state index contributed by atoms with van der Waals surface area (Å²) in [4.78, 5) is 26.6. The fraction of sp³-hybridized carbons (Fsp3) is 0.304. The molecule has 1 aliphatic heterocycles. The molecule has 0 atom stereocenters. The maximum absolute atomic E-state index is 12.1. The molecule has 1 amide bonds. The Kier molecular flexibility index (Phi) is 7.15. The molecule has 0 radical (unpaired) electrons. The summed E-state index contributed by atoms with van der Waals surface area (Å²) in [5.74, 6) is 1.65. The minimum Gasteiger partial charge on any atom is -0.486 e. The number of nitrogens with zero attached hydrogens (tertiary/aromatic N) is 4. The van der Waals surface area contributed by atoms with Gasteiger partial charge >= 0.3 is 0 Å². The number of hydrogen-bond acceptors (Lipinski definition) is 7. The monoisotopic (exact) mass is 486 g/mol. The Labute approximate surface area is 202 Å². The lowest BCUT2D eigenvalue weighted by Crippen LogP contribution is -2.23. The van der Waals surface area contributed by atoms with Crippen molar-refractivity contribution in [3.8, 4) is 5.75 Å². The summed E-state index contributed by atoms with van der Waals surface area (Å²) < 4.78 is 5.92. The van der Waals surface area contributed by atoms with Crippen LogP contribution in [0, 0.1) is 6.92 Å². The van der Waals surface area contributed by atoms with Crippen LogP contribution in [0.4, 0.5) is 17.6 Å². The average Bonchev–Trinajstić information content (AvgIpc) is 3.20. The lowest BCUT2D eigenvalue weighted by molar-refractivity contribution is -0.117. The molecule has 0 spiro atoms. The molecule has 1 saturated heterocycles. The van der Waals surface area contributed by atoms with E-state index in [1.165, 1.54) is 0 Å². The molecule has 0 saturated carbocycles. The summed E-state index contributed by atoms with van der Waals surface area (Å²) in [5, 5.41) is 4.19. The third-order valence-electron chi connectivity index (χ3n) is 5.17. The highest BCUT2D eigenvalue weighted by Crippen LogP contribution is 2.28. The van der Waals surface area contributed by atoms with Gasteiger partial charge in [-0.3, -0.25) is 4.79 Å². The van der Waals surface area contributed by atoms with Gasteiger partial charge in [-0.15, -0.1) is 0 Å². The predicted octanol–water partition coefficient (Wildman–Crippen LogP) is 4.43.